The highest BCUT2D eigenvalue weighted by Gasteiger charge is 2.19. The van der Waals surface area contributed by atoms with Crippen LogP contribution in [0, 0.1) is 5.82 Å². The van der Waals surface area contributed by atoms with Crippen molar-refractivity contribution in [2.24, 2.45) is 10.9 Å². The van der Waals surface area contributed by atoms with Crippen LogP contribution in [-0.4, -0.2) is 17.1 Å². The van der Waals surface area contributed by atoms with E-state index in [9.17, 15) is 4.39 Å². The van der Waals surface area contributed by atoms with Crippen molar-refractivity contribution in [1.29, 1.82) is 0 Å². The van der Waals surface area contributed by atoms with Crippen molar-refractivity contribution in [2.45, 2.75) is 32.0 Å². The monoisotopic (exact) mass is 238 g/mol. The molecule has 1 fully saturated rings. The molecule has 4 nitrogen and oxygen atoms in total. The van der Waals surface area contributed by atoms with Gasteiger partial charge in [-0.15, -0.1) is 0 Å². The standard InChI is InChI=1S/C12H15FN2O2/c13-11-8(7-17-9-4-2-5-9)3-1-6-10(11)12(14)15-16/h1,3,6,9,16H,2,4-5,7H2,(H2,14,15). The van der Waals surface area contributed by atoms with Crippen LogP contribution in [0.2, 0.25) is 0 Å². The molecular weight excluding hydrogens is 223 g/mol. The number of rotatable bonds is 4. The van der Waals surface area contributed by atoms with Crippen molar-refractivity contribution in [2.75, 3.05) is 0 Å². The highest BCUT2D eigenvalue weighted by atomic mass is 19.1. The average molecular weight is 238 g/mol. The quantitative estimate of drug-likeness (QED) is 0.365. The maximum absolute atomic E-state index is 13.9. The Hall–Kier alpha value is -1.62. The molecule has 5 heteroatoms. The van der Waals surface area contributed by atoms with Crippen LogP contribution in [0.4, 0.5) is 4.39 Å². The number of hydrogen-bond donors (Lipinski definition) is 2. The summed E-state index contributed by atoms with van der Waals surface area (Å²) in [5.74, 6) is -0.713. The van der Waals surface area contributed by atoms with Gasteiger partial charge >= 0.3 is 0 Å². The number of benzene rings is 1. The van der Waals surface area contributed by atoms with Gasteiger partial charge in [-0.1, -0.05) is 17.3 Å². The molecule has 0 aromatic heterocycles. The van der Waals surface area contributed by atoms with E-state index in [1.54, 1.807) is 12.1 Å². The predicted octanol–water partition coefficient (Wildman–Crippen LogP) is 1.99. The van der Waals surface area contributed by atoms with E-state index in [0.717, 1.165) is 12.8 Å². The van der Waals surface area contributed by atoms with Crippen molar-refractivity contribution in [1.82, 2.24) is 0 Å². The van der Waals surface area contributed by atoms with E-state index in [0.29, 0.717) is 5.56 Å². The lowest BCUT2D eigenvalue weighted by atomic mass is 9.96. The molecule has 0 amide bonds. The van der Waals surface area contributed by atoms with Gasteiger partial charge in [0.05, 0.1) is 18.3 Å². The van der Waals surface area contributed by atoms with Crippen LogP contribution in [0.1, 0.15) is 30.4 Å². The van der Waals surface area contributed by atoms with Gasteiger partial charge in [-0.05, 0) is 25.3 Å². The van der Waals surface area contributed by atoms with Gasteiger partial charge in [-0.3, -0.25) is 0 Å². The predicted molar refractivity (Wildman–Crippen MR) is 61.3 cm³/mol. The lowest BCUT2D eigenvalue weighted by Gasteiger charge is -2.25. The molecule has 3 N–H and O–H groups in total. The van der Waals surface area contributed by atoms with E-state index in [-0.39, 0.29) is 24.1 Å². The first-order chi connectivity index (χ1) is 8.22. The number of nitrogens with zero attached hydrogens (tertiary/aromatic N) is 1. The molecule has 0 saturated heterocycles. The molecule has 0 heterocycles. The summed E-state index contributed by atoms with van der Waals surface area (Å²) in [5.41, 5.74) is 5.91. The molecule has 0 unspecified atom stereocenters. The molecule has 2 rings (SSSR count). The van der Waals surface area contributed by atoms with Crippen molar-refractivity contribution in [3.63, 3.8) is 0 Å². The Kier molecular flexibility index (Phi) is 3.58. The summed E-state index contributed by atoms with van der Waals surface area (Å²) in [5, 5.41) is 11.3. The molecule has 1 saturated carbocycles. The van der Waals surface area contributed by atoms with Crippen molar-refractivity contribution in [3.8, 4) is 0 Å². The fourth-order valence-corrected chi connectivity index (χ4v) is 1.69. The maximum atomic E-state index is 13.9. The number of ether oxygens (including phenoxy) is 1. The smallest absolute Gasteiger partial charge is 0.173 e. The van der Waals surface area contributed by atoms with Crippen LogP contribution < -0.4 is 5.73 Å². The van der Waals surface area contributed by atoms with E-state index in [1.165, 1.54) is 12.5 Å². The van der Waals surface area contributed by atoms with Crippen LogP contribution in [0.5, 0.6) is 0 Å². The number of halogens is 1. The number of oxime groups is 1. The highest BCUT2D eigenvalue weighted by molar-refractivity contribution is 5.97. The number of nitrogens with two attached hydrogens (primary N) is 1. The summed E-state index contributed by atoms with van der Waals surface area (Å²) in [6.07, 6.45) is 3.52. The molecular formula is C12H15FN2O2. The zero-order chi connectivity index (χ0) is 12.3. The Morgan fingerprint density at radius 2 is 2.29 bits per heavy atom. The number of amidine groups is 1. The minimum Gasteiger partial charge on any atom is -0.409 e. The molecule has 0 atom stereocenters. The van der Waals surface area contributed by atoms with E-state index in [2.05, 4.69) is 5.16 Å². The minimum absolute atomic E-state index is 0.0993. The lowest BCUT2D eigenvalue weighted by Crippen LogP contribution is -2.22. The Labute approximate surface area is 98.9 Å². The van der Waals surface area contributed by atoms with Crippen LogP contribution >= 0.6 is 0 Å². The van der Waals surface area contributed by atoms with E-state index >= 15 is 0 Å². The Morgan fingerprint density at radius 3 is 2.88 bits per heavy atom. The third-order valence-electron chi connectivity index (χ3n) is 2.99. The summed E-state index contributed by atoms with van der Waals surface area (Å²) in [7, 11) is 0. The third kappa shape index (κ3) is 2.55. The van der Waals surface area contributed by atoms with E-state index in [1.807, 2.05) is 0 Å². The van der Waals surface area contributed by atoms with Crippen molar-refractivity contribution < 1.29 is 14.3 Å². The molecule has 17 heavy (non-hydrogen) atoms. The number of hydrogen-bond acceptors (Lipinski definition) is 3. The van der Waals surface area contributed by atoms with Gasteiger partial charge in [-0.25, -0.2) is 4.39 Å². The summed E-state index contributed by atoms with van der Waals surface area (Å²) >= 11 is 0. The summed E-state index contributed by atoms with van der Waals surface area (Å²) in [6.45, 7) is 0.225. The summed E-state index contributed by atoms with van der Waals surface area (Å²) in [6, 6.07) is 4.77. The second kappa shape index (κ2) is 5.14. The van der Waals surface area contributed by atoms with Gasteiger partial charge in [-0.2, -0.15) is 0 Å². The van der Waals surface area contributed by atoms with Crippen molar-refractivity contribution in [3.05, 3.63) is 35.1 Å². The molecule has 0 aliphatic heterocycles. The van der Waals surface area contributed by atoms with Crippen LogP contribution in [0.15, 0.2) is 23.4 Å². The van der Waals surface area contributed by atoms with Gasteiger partial charge in [0, 0.05) is 5.56 Å². The van der Waals surface area contributed by atoms with Crippen LogP contribution in [-0.2, 0) is 11.3 Å². The van der Waals surface area contributed by atoms with E-state index in [4.69, 9.17) is 15.7 Å². The highest BCUT2D eigenvalue weighted by Crippen LogP contribution is 2.24. The summed E-state index contributed by atoms with van der Waals surface area (Å²) < 4.78 is 19.5. The molecule has 1 aromatic rings. The summed E-state index contributed by atoms with van der Waals surface area (Å²) in [4.78, 5) is 0. The second-order valence-corrected chi connectivity index (χ2v) is 4.13. The van der Waals surface area contributed by atoms with Gasteiger partial charge in [0.25, 0.3) is 0 Å². The van der Waals surface area contributed by atoms with Gasteiger partial charge < -0.3 is 15.7 Å². The normalized spacial score (nSPS) is 16.9. The molecule has 1 aliphatic carbocycles. The first kappa shape index (κ1) is 11.9. The zero-order valence-corrected chi connectivity index (χ0v) is 9.40. The minimum atomic E-state index is -0.484. The SMILES string of the molecule is N/C(=N/O)c1cccc(COC2CCC2)c1F. The fraction of sp³-hybridized carbons (Fsp3) is 0.417. The first-order valence-corrected chi connectivity index (χ1v) is 5.59. The topological polar surface area (TPSA) is 67.8 Å². The first-order valence-electron chi connectivity index (χ1n) is 5.59. The van der Waals surface area contributed by atoms with Crippen molar-refractivity contribution >= 4 is 5.84 Å². The van der Waals surface area contributed by atoms with E-state index < -0.39 is 5.82 Å². The molecule has 0 radical (unpaired) electrons. The van der Waals surface area contributed by atoms with Crippen LogP contribution in [0.25, 0.3) is 0 Å². The van der Waals surface area contributed by atoms with Crippen LogP contribution in [0.3, 0.4) is 0 Å². The molecule has 1 aromatic carbocycles. The zero-order valence-electron chi connectivity index (χ0n) is 9.40. The Bertz CT molecular complexity index is 431. The van der Waals surface area contributed by atoms with Gasteiger partial charge in [0.1, 0.15) is 5.82 Å². The molecule has 0 spiro atoms. The molecule has 1 aliphatic rings. The maximum Gasteiger partial charge on any atom is 0.173 e. The molecule has 0 bridgehead atoms. The largest absolute Gasteiger partial charge is 0.409 e. The van der Waals surface area contributed by atoms with Gasteiger partial charge in [0.15, 0.2) is 5.84 Å². The fourth-order valence-electron chi connectivity index (χ4n) is 1.69. The van der Waals surface area contributed by atoms with Gasteiger partial charge in [0.2, 0.25) is 0 Å². The lowest BCUT2D eigenvalue weighted by molar-refractivity contribution is -0.00976. The Morgan fingerprint density at radius 1 is 1.53 bits per heavy atom. The average Bonchev–Trinajstić information content (AvgIpc) is 2.28. The Balaban J connectivity index is 2.11. The molecule has 92 valence electrons. The second-order valence-electron chi connectivity index (χ2n) is 4.13. The third-order valence-corrected chi connectivity index (χ3v) is 2.99.